The van der Waals surface area contributed by atoms with E-state index in [1.165, 1.54) is 0 Å². The van der Waals surface area contributed by atoms with Crippen molar-refractivity contribution in [1.29, 1.82) is 0 Å². The normalized spacial score (nSPS) is 10.2. The van der Waals surface area contributed by atoms with E-state index in [0.717, 1.165) is 27.0 Å². The fraction of sp³-hybridized carbons (Fsp3) is 0.154. The van der Waals surface area contributed by atoms with Crippen molar-refractivity contribution in [2.24, 2.45) is 0 Å². The van der Waals surface area contributed by atoms with Crippen molar-refractivity contribution in [2.75, 3.05) is 5.73 Å². The van der Waals surface area contributed by atoms with Gasteiger partial charge in [-0.3, -0.25) is 4.98 Å². The summed E-state index contributed by atoms with van der Waals surface area (Å²) in [4.78, 5) is 4.04. The summed E-state index contributed by atoms with van der Waals surface area (Å²) in [5.74, 6) is 0.737. The van der Waals surface area contributed by atoms with Gasteiger partial charge in [0.15, 0.2) is 0 Å². The molecule has 4 heteroatoms. The minimum atomic E-state index is 0.495. The van der Waals surface area contributed by atoms with Gasteiger partial charge in [0.25, 0.3) is 0 Å². The molecular formula is C13H13BrN2O. The third kappa shape index (κ3) is 2.97. The van der Waals surface area contributed by atoms with Gasteiger partial charge < -0.3 is 10.5 Å². The van der Waals surface area contributed by atoms with Crippen molar-refractivity contribution in [1.82, 2.24) is 4.98 Å². The number of aromatic nitrogens is 1. The van der Waals surface area contributed by atoms with E-state index in [-0.39, 0.29) is 0 Å². The molecule has 0 bridgehead atoms. The van der Waals surface area contributed by atoms with E-state index in [0.29, 0.717) is 6.61 Å². The molecule has 0 fully saturated rings. The van der Waals surface area contributed by atoms with Crippen LogP contribution in [0, 0.1) is 6.92 Å². The predicted molar refractivity (Wildman–Crippen MR) is 71.9 cm³/mol. The smallest absolute Gasteiger partial charge is 0.139 e. The zero-order valence-electron chi connectivity index (χ0n) is 9.48. The Bertz CT molecular complexity index is 529. The number of halogens is 1. The van der Waals surface area contributed by atoms with E-state index in [2.05, 4.69) is 20.9 Å². The highest BCUT2D eigenvalue weighted by atomic mass is 79.9. The average Bonchev–Trinajstić information content (AvgIpc) is 2.31. The monoisotopic (exact) mass is 292 g/mol. The first-order valence-electron chi connectivity index (χ1n) is 5.24. The molecule has 0 saturated heterocycles. The molecule has 1 aromatic carbocycles. The molecule has 0 radical (unpaired) electrons. The van der Waals surface area contributed by atoms with E-state index in [9.17, 15) is 0 Å². The lowest BCUT2D eigenvalue weighted by molar-refractivity contribution is 0.304. The third-order valence-electron chi connectivity index (χ3n) is 2.56. The van der Waals surface area contributed by atoms with Crippen LogP contribution in [0.25, 0.3) is 0 Å². The fourth-order valence-corrected chi connectivity index (χ4v) is 1.84. The predicted octanol–water partition coefficient (Wildman–Crippen LogP) is 3.31. The standard InChI is InChI=1S/C13H13BrN2O/c1-9-10(3-2-4-13(9)15)8-17-12-5-11(14)6-16-7-12/h2-7H,8,15H2,1H3. The Morgan fingerprint density at radius 3 is 2.94 bits per heavy atom. The summed E-state index contributed by atoms with van der Waals surface area (Å²) in [7, 11) is 0. The maximum Gasteiger partial charge on any atom is 0.139 e. The second-order valence-corrected chi connectivity index (χ2v) is 4.67. The zero-order valence-corrected chi connectivity index (χ0v) is 11.1. The second kappa shape index (κ2) is 5.19. The minimum absolute atomic E-state index is 0.495. The Morgan fingerprint density at radius 1 is 1.35 bits per heavy atom. The van der Waals surface area contributed by atoms with Gasteiger partial charge in [0.1, 0.15) is 12.4 Å². The molecule has 2 N–H and O–H groups in total. The molecule has 0 atom stereocenters. The summed E-state index contributed by atoms with van der Waals surface area (Å²) >= 11 is 3.35. The first-order chi connectivity index (χ1) is 8.16. The van der Waals surface area contributed by atoms with Gasteiger partial charge in [0.05, 0.1) is 6.20 Å². The molecule has 1 heterocycles. The summed E-state index contributed by atoms with van der Waals surface area (Å²) in [6.07, 6.45) is 3.41. The molecule has 17 heavy (non-hydrogen) atoms. The van der Waals surface area contributed by atoms with E-state index in [4.69, 9.17) is 10.5 Å². The number of hydrogen-bond donors (Lipinski definition) is 1. The number of nitrogen functional groups attached to an aromatic ring is 1. The minimum Gasteiger partial charge on any atom is -0.487 e. The zero-order chi connectivity index (χ0) is 12.3. The molecule has 0 aliphatic carbocycles. The van der Waals surface area contributed by atoms with E-state index in [1.807, 2.05) is 31.2 Å². The SMILES string of the molecule is Cc1c(N)cccc1COc1cncc(Br)c1. The first kappa shape index (κ1) is 11.9. The van der Waals surface area contributed by atoms with Gasteiger partial charge in [-0.25, -0.2) is 0 Å². The third-order valence-corrected chi connectivity index (χ3v) is 3.00. The highest BCUT2D eigenvalue weighted by Gasteiger charge is 2.02. The molecule has 0 unspecified atom stereocenters. The summed E-state index contributed by atoms with van der Waals surface area (Å²) in [5, 5.41) is 0. The topological polar surface area (TPSA) is 48.1 Å². The Kier molecular flexibility index (Phi) is 3.64. The number of hydrogen-bond acceptors (Lipinski definition) is 3. The van der Waals surface area contributed by atoms with Crippen molar-refractivity contribution in [3.05, 3.63) is 52.3 Å². The van der Waals surface area contributed by atoms with Gasteiger partial charge in [-0.2, -0.15) is 0 Å². The van der Waals surface area contributed by atoms with Crippen LogP contribution in [0.4, 0.5) is 5.69 Å². The highest BCUT2D eigenvalue weighted by molar-refractivity contribution is 9.10. The average molecular weight is 293 g/mol. The maximum atomic E-state index is 5.84. The van der Waals surface area contributed by atoms with Crippen LogP contribution >= 0.6 is 15.9 Å². The van der Waals surface area contributed by atoms with Gasteiger partial charge >= 0.3 is 0 Å². The van der Waals surface area contributed by atoms with Crippen LogP contribution in [0.15, 0.2) is 41.1 Å². The summed E-state index contributed by atoms with van der Waals surface area (Å²) in [6.45, 7) is 2.49. The molecule has 0 amide bonds. The lowest BCUT2D eigenvalue weighted by Crippen LogP contribution is -2.00. The van der Waals surface area contributed by atoms with Gasteiger partial charge in [-0.1, -0.05) is 12.1 Å². The van der Waals surface area contributed by atoms with E-state index >= 15 is 0 Å². The fourth-order valence-electron chi connectivity index (χ4n) is 1.49. The molecule has 2 aromatic rings. The number of nitrogens with zero attached hydrogens (tertiary/aromatic N) is 1. The van der Waals surface area contributed by atoms with Gasteiger partial charge in [-0.05, 0) is 46.1 Å². The van der Waals surface area contributed by atoms with Crippen molar-refractivity contribution in [3.8, 4) is 5.75 Å². The number of rotatable bonds is 3. The van der Waals surface area contributed by atoms with E-state index < -0.39 is 0 Å². The number of anilines is 1. The molecule has 88 valence electrons. The Labute approximate surface area is 109 Å². The van der Waals surface area contributed by atoms with Crippen LogP contribution in [0.1, 0.15) is 11.1 Å². The summed E-state index contributed by atoms with van der Waals surface area (Å²) < 4.78 is 6.56. The largest absolute Gasteiger partial charge is 0.487 e. The molecule has 0 aliphatic heterocycles. The summed E-state index contributed by atoms with van der Waals surface area (Å²) in [6, 6.07) is 7.71. The van der Waals surface area contributed by atoms with Crippen molar-refractivity contribution < 1.29 is 4.74 Å². The quantitative estimate of drug-likeness (QED) is 0.883. The van der Waals surface area contributed by atoms with Gasteiger partial charge in [0.2, 0.25) is 0 Å². The molecule has 0 saturated carbocycles. The molecular weight excluding hydrogens is 280 g/mol. The van der Waals surface area contributed by atoms with Crippen LogP contribution < -0.4 is 10.5 Å². The highest BCUT2D eigenvalue weighted by Crippen LogP contribution is 2.20. The Morgan fingerprint density at radius 2 is 2.18 bits per heavy atom. The van der Waals surface area contributed by atoms with Crippen LogP contribution in [0.2, 0.25) is 0 Å². The lowest BCUT2D eigenvalue weighted by atomic mass is 10.1. The molecule has 0 aliphatic rings. The number of benzene rings is 1. The first-order valence-corrected chi connectivity index (χ1v) is 6.03. The number of pyridine rings is 1. The lowest BCUT2D eigenvalue weighted by Gasteiger charge is -2.10. The van der Waals surface area contributed by atoms with Crippen LogP contribution in [-0.4, -0.2) is 4.98 Å². The molecule has 0 spiro atoms. The van der Waals surface area contributed by atoms with Crippen LogP contribution in [-0.2, 0) is 6.61 Å². The van der Waals surface area contributed by atoms with Gasteiger partial charge in [-0.15, -0.1) is 0 Å². The number of nitrogens with two attached hydrogens (primary N) is 1. The maximum absolute atomic E-state index is 5.84. The van der Waals surface area contributed by atoms with Crippen LogP contribution in [0.5, 0.6) is 5.75 Å². The summed E-state index contributed by atoms with van der Waals surface area (Å²) in [5.41, 5.74) is 8.78. The van der Waals surface area contributed by atoms with Crippen molar-refractivity contribution >= 4 is 21.6 Å². The number of ether oxygens (including phenoxy) is 1. The van der Waals surface area contributed by atoms with E-state index in [1.54, 1.807) is 12.4 Å². The molecule has 3 nitrogen and oxygen atoms in total. The Balaban J connectivity index is 2.10. The van der Waals surface area contributed by atoms with Crippen molar-refractivity contribution in [2.45, 2.75) is 13.5 Å². The van der Waals surface area contributed by atoms with Gasteiger partial charge in [0, 0.05) is 16.4 Å². The molecule has 1 aromatic heterocycles. The molecule has 2 rings (SSSR count). The van der Waals surface area contributed by atoms with Crippen molar-refractivity contribution in [3.63, 3.8) is 0 Å². The second-order valence-electron chi connectivity index (χ2n) is 3.76. The Hall–Kier alpha value is -1.55. The van der Waals surface area contributed by atoms with Crippen LogP contribution in [0.3, 0.4) is 0 Å².